The number of sulfonamides is 1. The fourth-order valence-corrected chi connectivity index (χ4v) is 5.23. The van der Waals surface area contributed by atoms with E-state index in [0.29, 0.717) is 23.6 Å². The number of benzene rings is 2. The average molecular weight is 536 g/mol. The number of carbonyl (C=O) groups is 2. The lowest BCUT2D eigenvalue weighted by molar-refractivity contribution is -0.142. The molecule has 0 radical (unpaired) electrons. The number of hydrogen-bond donors (Lipinski definition) is 1. The van der Waals surface area contributed by atoms with E-state index in [1.54, 1.807) is 23.1 Å². The largest absolute Gasteiger partial charge is 0.350 e. The molecule has 0 aliphatic heterocycles. The third-order valence-electron chi connectivity index (χ3n) is 5.72. The van der Waals surface area contributed by atoms with Crippen LogP contribution in [0.2, 0.25) is 5.02 Å². The summed E-state index contributed by atoms with van der Waals surface area (Å²) in [5.74, 6) is -0.466. The van der Waals surface area contributed by atoms with Crippen LogP contribution in [0, 0.1) is 6.92 Å². The fraction of sp³-hybridized carbons (Fsp3) is 0.481. The highest BCUT2D eigenvalue weighted by Gasteiger charge is 2.31. The van der Waals surface area contributed by atoms with Gasteiger partial charge in [-0.3, -0.25) is 13.9 Å². The maximum absolute atomic E-state index is 13.5. The van der Waals surface area contributed by atoms with Crippen LogP contribution in [-0.4, -0.2) is 49.5 Å². The van der Waals surface area contributed by atoms with Crippen molar-refractivity contribution in [2.45, 2.75) is 72.0 Å². The maximum Gasteiger partial charge on any atom is 0.243 e. The van der Waals surface area contributed by atoms with Gasteiger partial charge in [-0.1, -0.05) is 54.9 Å². The summed E-state index contributed by atoms with van der Waals surface area (Å²) >= 11 is 6.37. The van der Waals surface area contributed by atoms with Crippen molar-refractivity contribution in [3.8, 4) is 0 Å². The van der Waals surface area contributed by atoms with Crippen molar-refractivity contribution in [3.05, 3.63) is 64.7 Å². The van der Waals surface area contributed by atoms with Gasteiger partial charge in [0.25, 0.3) is 0 Å². The van der Waals surface area contributed by atoms with E-state index in [0.717, 1.165) is 17.4 Å². The van der Waals surface area contributed by atoms with E-state index >= 15 is 0 Å². The van der Waals surface area contributed by atoms with Crippen molar-refractivity contribution in [1.29, 1.82) is 0 Å². The molecule has 0 aliphatic carbocycles. The van der Waals surface area contributed by atoms with E-state index in [1.165, 1.54) is 4.31 Å². The second-order valence-corrected chi connectivity index (χ2v) is 12.3. The monoisotopic (exact) mass is 535 g/mol. The zero-order valence-corrected chi connectivity index (χ0v) is 23.6. The molecule has 0 spiro atoms. The van der Waals surface area contributed by atoms with Crippen molar-refractivity contribution in [1.82, 2.24) is 10.2 Å². The minimum absolute atomic E-state index is 0.0850. The highest BCUT2D eigenvalue weighted by molar-refractivity contribution is 7.92. The minimum Gasteiger partial charge on any atom is -0.350 e. The Morgan fingerprint density at radius 3 is 2.22 bits per heavy atom. The summed E-state index contributed by atoms with van der Waals surface area (Å²) in [6, 6.07) is 13.8. The van der Waals surface area contributed by atoms with Crippen molar-refractivity contribution < 1.29 is 18.0 Å². The number of nitrogens with zero attached hydrogens (tertiary/aromatic N) is 2. The second-order valence-electron chi connectivity index (χ2n) is 10.0. The van der Waals surface area contributed by atoms with Gasteiger partial charge < -0.3 is 10.2 Å². The molecule has 2 aromatic carbocycles. The van der Waals surface area contributed by atoms with Gasteiger partial charge in [-0.05, 0) is 63.8 Å². The van der Waals surface area contributed by atoms with Crippen molar-refractivity contribution in [2.24, 2.45) is 0 Å². The number of rotatable bonds is 11. The van der Waals surface area contributed by atoms with E-state index in [9.17, 15) is 18.0 Å². The van der Waals surface area contributed by atoms with Gasteiger partial charge in [-0.2, -0.15) is 0 Å². The quantitative estimate of drug-likeness (QED) is 0.442. The van der Waals surface area contributed by atoms with Crippen LogP contribution >= 0.6 is 11.6 Å². The lowest BCUT2D eigenvalue weighted by Gasteiger charge is -2.33. The first-order valence-electron chi connectivity index (χ1n) is 12.1. The molecular formula is C27H38ClN3O4S. The zero-order chi connectivity index (χ0) is 27.1. The molecule has 1 N–H and O–H groups in total. The Hall–Kier alpha value is -2.58. The molecule has 9 heteroatoms. The van der Waals surface area contributed by atoms with E-state index in [1.807, 2.05) is 65.0 Å². The third-order valence-corrected chi connectivity index (χ3v) is 7.27. The smallest absolute Gasteiger partial charge is 0.243 e. The minimum atomic E-state index is -3.54. The number of carbonyl (C=O) groups excluding carboxylic acids is 2. The Kier molecular flexibility index (Phi) is 10.4. The Balaban J connectivity index is 2.26. The Morgan fingerprint density at radius 2 is 1.67 bits per heavy atom. The number of halogens is 1. The van der Waals surface area contributed by atoms with Crippen LogP contribution in [0.5, 0.6) is 0 Å². The summed E-state index contributed by atoms with van der Waals surface area (Å²) in [7, 11) is -3.54. The number of hydrogen-bond acceptors (Lipinski definition) is 4. The molecule has 0 aliphatic rings. The maximum atomic E-state index is 13.5. The molecule has 0 unspecified atom stereocenters. The van der Waals surface area contributed by atoms with Crippen LogP contribution in [0.1, 0.15) is 58.1 Å². The predicted octanol–water partition coefficient (Wildman–Crippen LogP) is 4.92. The number of para-hydroxylation sites is 1. The van der Waals surface area contributed by atoms with E-state index in [2.05, 4.69) is 5.32 Å². The lowest BCUT2D eigenvalue weighted by Crippen LogP contribution is -2.53. The van der Waals surface area contributed by atoms with Gasteiger partial charge in [-0.15, -0.1) is 0 Å². The van der Waals surface area contributed by atoms with Gasteiger partial charge >= 0.3 is 0 Å². The van der Waals surface area contributed by atoms with Crippen LogP contribution in [0.25, 0.3) is 0 Å². The summed E-state index contributed by atoms with van der Waals surface area (Å²) < 4.78 is 26.4. The predicted molar refractivity (Wildman–Crippen MR) is 147 cm³/mol. The van der Waals surface area contributed by atoms with Crippen molar-refractivity contribution in [3.63, 3.8) is 0 Å². The standard InChI is InChI=1S/C27H38ClN3O4S/c1-7-23(26(33)29-27(3,4)5)30(19-21-14-9-10-15-22(21)28)25(32)17-12-18-31(36(6,34)35)24-16-11-8-13-20(24)2/h8-11,13-16,23H,7,12,17-19H2,1-6H3,(H,29,33)/t23-/m0/s1. The molecule has 36 heavy (non-hydrogen) atoms. The van der Waals surface area contributed by atoms with Gasteiger partial charge in [0.2, 0.25) is 21.8 Å². The van der Waals surface area contributed by atoms with E-state index < -0.39 is 21.6 Å². The van der Waals surface area contributed by atoms with Gasteiger partial charge in [0.15, 0.2) is 0 Å². The molecule has 0 fully saturated rings. The summed E-state index contributed by atoms with van der Waals surface area (Å²) in [5, 5.41) is 3.49. The molecular weight excluding hydrogens is 498 g/mol. The van der Waals surface area contributed by atoms with E-state index in [4.69, 9.17) is 11.6 Å². The normalized spacial score (nSPS) is 12.6. The molecule has 0 bridgehead atoms. The molecule has 2 amide bonds. The summed E-state index contributed by atoms with van der Waals surface area (Å²) in [4.78, 5) is 28.2. The average Bonchev–Trinajstić information content (AvgIpc) is 2.76. The highest BCUT2D eigenvalue weighted by Crippen LogP contribution is 2.24. The number of nitrogens with one attached hydrogen (secondary N) is 1. The molecule has 2 rings (SSSR count). The molecule has 0 saturated carbocycles. The SMILES string of the molecule is CC[C@@H](C(=O)NC(C)(C)C)N(Cc1ccccc1Cl)C(=O)CCCN(c1ccccc1C)S(C)(=O)=O. The van der Waals surface area contributed by atoms with Crippen LogP contribution in [0.4, 0.5) is 5.69 Å². The van der Waals surface area contributed by atoms with Crippen LogP contribution in [0.15, 0.2) is 48.5 Å². The van der Waals surface area contributed by atoms with Crippen molar-refractivity contribution in [2.75, 3.05) is 17.1 Å². The van der Waals surface area contributed by atoms with Crippen LogP contribution in [0.3, 0.4) is 0 Å². The molecule has 1 atom stereocenters. The molecule has 0 aromatic heterocycles. The number of aryl methyl sites for hydroxylation is 1. The second kappa shape index (κ2) is 12.6. The summed E-state index contributed by atoms with van der Waals surface area (Å²) in [5.41, 5.74) is 1.72. The molecule has 198 valence electrons. The fourth-order valence-electron chi connectivity index (χ4n) is 4.01. The highest BCUT2D eigenvalue weighted by atomic mass is 35.5. The third kappa shape index (κ3) is 8.52. The summed E-state index contributed by atoms with van der Waals surface area (Å²) in [6.07, 6.45) is 1.98. The van der Waals surface area contributed by atoms with Gasteiger partial charge in [0, 0.05) is 30.1 Å². The summed E-state index contributed by atoms with van der Waals surface area (Å²) in [6.45, 7) is 9.73. The number of anilines is 1. The molecule has 0 heterocycles. The Bertz CT molecular complexity index is 1160. The molecule has 2 aromatic rings. The van der Waals surface area contributed by atoms with Gasteiger partial charge in [-0.25, -0.2) is 8.42 Å². The van der Waals surface area contributed by atoms with E-state index in [-0.39, 0.29) is 31.3 Å². The Morgan fingerprint density at radius 1 is 1.06 bits per heavy atom. The van der Waals surface area contributed by atoms with Crippen molar-refractivity contribution >= 4 is 39.1 Å². The lowest BCUT2D eigenvalue weighted by atomic mass is 10.0. The first-order valence-corrected chi connectivity index (χ1v) is 14.4. The molecule has 0 saturated heterocycles. The first kappa shape index (κ1) is 29.6. The molecule has 7 nitrogen and oxygen atoms in total. The van der Waals surface area contributed by atoms with Gasteiger partial charge in [0.05, 0.1) is 11.9 Å². The van der Waals surface area contributed by atoms with Gasteiger partial charge in [0.1, 0.15) is 6.04 Å². The number of amides is 2. The first-order chi connectivity index (χ1) is 16.7. The topological polar surface area (TPSA) is 86.8 Å². The van der Waals surface area contributed by atoms with Crippen LogP contribution < -0.4 is 9.62 Å². The Labute approximate surface area is 220 Å². The van der Waals surface area contributed by atoms with Crippen LogP contribution in [-0.2, 0) is 26.2 Å². The zero-order valence-electron chi connectivity index (χ0n) is 22.0.